The van der Waals surface area contributed by atoms with Gasteiger partial charge in [0, 0.05) is 13.0 Å². The first kappa shape index (κ1) is 13.1. The second kappa shape index (κ2) is 5.50. The number of aromatic nitrogens is 2. The van der Waals surface area contributed by atoms with Crippen LogP contribution < -0.4 is 5.56 Å². The summed E-state index contributed by atoms with van der Waals surface area (Å²) in [5.41, 5.74) is 1.48. The van der Waals surface area contributed by atoms with Crippen molar-refractivity contribution in [2.45, 2.75) is 19.9 Å². The van der Waals surface area contributed by atoms with E-state index in [-0.39, 0.29) is 5.56 Å². The maximum absolute atomic E-state index is 12.2. The molecular weight excluding hydrogens is 268 g/mol. The van der Waals surface area contributed by atoms with Crippen LogP contribution in [0, 0.1) is 4.77 Å². The minimum atomic E-state index is -0.116. The summed E-state index contributed by atoms with van der Waals surface area (Å²) < 4.78 is 1.88. The van der Waals surface area contributed by atoms with E-state index in [0.717, 1.165) is 5.56 Å². The minimum Gasteiger partial charge on any atom is -0.322 e. The van der Waals surface area contributed by atoms with Crippen molar-refractivity contribution in [1.82, 2.24) is 9.55 Å². The summed E-state index contributed by atoms with van der Waals surface area (Å²) in [6, 6.07) is 9.74. The lowest BCUT2D eigenvalue weighted by Crippen LogP contribution is -2.25. The maximum Gasteiger partial charge on any atom is 0.259 e. The molecule has 18 heavy (non-hydrogen) atoms. The first-order chi connectivity index (χ1) is 8.63. The lowest BCUT2D eigenvalue weighted by atomic mass is 10.1. The molecule has 0 saturated carbocycles. The van der Waals surface area contributed by atoms with Crippen molar-refractivity contribution in [3.05, 3.63) is 61.7 Å². The van der Waals surface area contributed by atoms with E-state index in [9.17, 15) is 4.79 Å². The number of nitrogens with zero attached hydrogens (tertiary/aromatic N) is 1. The van der Waals surface area contributed by atoms with Gasteiger partial charge in [0.15, 0.2) is 4.77 Å². The zero-order valence-electron chi connectivity index (χ0n) is 9.94. The van der Waals surface area contributed by atoms with Crippen LogP contribution in [0.1, 0.15) is 18.1 Å². The maximum atomic E-state index is 12.2. The van der Waals surface area contributed by atoms with Gasteiger partial charge in [-0.05, 0) is 24.7 Å². The Morgan fingerprint density at radius 3 is 2.61 bits per heavy atom. The molecule has 0 saturated heterocycles. The molecule has 5 heteroatoms. The fourth-order valence-electron chi connectivity index (χ4n) is 1.83. The van der Waals surface area contributed by atoms with E-state index >= 15 is 0 Å². The molecule has 0 spiro atoms. The summed E-state index contributed by atoms with van der Waals surface area (Å²) >= 11 is 11.2. The molecule has 1 aromatic carbocycles. The van der Waals surface area contributed by atoms with Gasteiger partial charge in [-0.3, -0.25) is 9.36 Å². The van der Waals surface area contributed by atoms with Crippen molar-refractivity contribution in [3.63, 3.8) is 0 Å². The summed E-state index contributed by atoms with van der Waals surface area (Å²) in [5, 5.41) is 0.332. The van der Waals surface area contributed by atoms with E-state index in [0.29, 0.717) is 28.5 Å². The Balaban J connectivity index is 2.52. The minimum absolute atomic E-state index is 0.116. The van der Waals surface area contributed by atoms with Crippen LogP contribution >= 0.6 is 23.8 Å². The summed E-state index contributed by atoms with van der Waals surface area (Å²) in [5.74, 6) is 0. The molecule has 0 amide bonds. The van der Waals surface area contributed by atoms with Crippen molar-refractivity contribution >= 4 is 23.8 Å². The summed E-state index contributed by atoms with van der Waals surface area (Å²) in [7, 11) is 0. The SMILES string of the molecule is CCn1c(=S)[nH]c(Cl)c(Cc2ccccc2)c1=O. The summed E-state index contributed by atoms with van der Waals surface area (Å²) in [6.45, 7) is 2.42. The number of H-pyrrole nitrogens is 1. The number of benzene rings is 1. The number of halogens is 1. The van der Waals surface area contributed by atoms with Gasteiger partial charge in [0.2, 0.25) is 0 Å². The van der Waals surface area contributed by atoms with Gasteiger partial charge < -0.3 is 4.98 Å². The highest BCUT2D eigenvalue weighted by atomic mass is 35.5. The third-order valence-electron chi connectivity index (χ3n) is 2.77. The molecule has 1 N–H and O–H groups in total. The summed E-state index contributed by atoms with van der Waals surface area (Å²) in [6.07, 6.45) is 0.505. The number of hydrogen-bond donors (Lipinski definition) is 1. The van der Waals surface area contributed by atoms with Crippen LogP contribution in [-0.2, 0) is 13.0 Å². The van der Waals surface area contributed by atoms with Crippen molar-refractivity contribution in [3.8, 4) is 0 Å². The Kier molecular flexibility index (Phi) is 3.99. The van der Waals surface area contributed by atoms with Crippen LogP contribution in [0.2, 0.25) is 5.15 Å². The van der Waals surface area contributed by atoms with E-state index < -0.39 is 0 Å². The molecule has 1 aromatic heterocycles. The van der Waals surface area contributed by atoms with E-state index in [1.165, 1.54) is 4.57 Å². The van der Waals surface area contributed by atoms with Crippen LogP contribution in [0.4, 0.5) is 0 Å². The average molecular weight is 281 g/mol. The monoisotopic (exact) mass is 280 g/mol. The van der Waals surface area contributed by atoms with Crippen LogP contribution in [0.3, 0.4) is 0 Å². The zero-order valence-corrected chi connectivity index (χ0v) is 11.5. The molecule has 0 atom stereocenters. The van der Waals surface area contributed by atoms with Gasteiger partial charge in [-0.2, -0.15) is 0 Å². The predicted octanol–water partition coefficient (Wildman–Crippen LogP) is 3.17. The number of rotatable bonds is 3. The van der Waals surface area contributed by atoms with Gasteiger partial charge in [0.1, 0.15) is 5.15 Å². The standard InChI is InChI=1S/C13H13ClN2OS/c1-2-16-12(17)10(11(14)15-13(16)18)8-9-6-4-3-5-7-9/h3-7H,2,8H2,1H3,(H,15,18). The van der Waals surface area contributed by atoms with Crippen LogP contribution in [0.15, 0.2) is 35.1 Å². The largest absolute Gasteiger partial charge is 0.322 e. The van der Waals surface area contributed by atoms with E-state index in [1.807, 2.05) is 37.3 Å². The summed E-state index contributed by atoms with van der Waals surface area (Å²) in [4.78, 5) is 15.1. The van der Waals surface area contributed by atoms with E-state index in [4.69, 9.17) is 23.8 Å². The Labute approximate surface area is 115 Å². The van der Waals surface area contributed by atoms with Gasteiger partial charge >= 0.3 is 0 Å². The molecule has 0 fully saturated rings. The molecule has 0 radical (unpaired) electrons. The Bertz CT molecular complexity index is 661. The molecule has 1 heterocycles. The van der Waals surface area contributed by atoms with Gasteiger partial charge in [0.25, 0.3) is 5.56 Å². The lowest BCUT2D eigenvalue weighted by molar-refractivity contribution is 0.683. The number of nitrogens with one attached hydrogen (secondary N) is 1. The van der Waals surface area contributed by atoms with Gasteiger partial charge in [-0.15, -0.1) is 0 Å². The molecule has 0 bridgehead atoms. The highest BCUT2D eigenvalue weighted by molar-refractivity contribution is 7.71. The van der Waals surface area contributed by atoms with Crippen molar-refractivity contribution in [2.24, 2.45) is 0 Å². The molecular formula is C13H13ClN2OS. The molecule has 94 valence electrons. The fourth-order valence-corrected chi connectivity index (χ4v) is 2.43. The molecule has 0 aliphatic rings. The molecule has 3 nitrogen and oxygen atoms in total. The lowest BCUT2D eigenvalue weighted by Gasteiger charge is -2.08. The van der Waals surface area contributed by atoms with Gasteiger partial charge in [0.05, 0.1) is 5.56 Å². The Morgan fingerprint density at radius 2 is 2.00 bits per heavy atom. The average Bonchev–Trinajstić information content (AvgIpc) is 2.36. The number of hydrogen-bond acceptors (Lipinski definition) is 2. The third kappa shape index (κ3) is 2.54. The molecule has 0 aliphatic carbocycles. The smallest absolute Gasteiger partial charge is 0.259 e. The normalized spacial score (nSPS) is 10.6. The van der Waals surface area contributed by atoms with Crippen molar-refractivity contribution in [1.29, 1.82) is 0 Å². The third-order valence-corrected chi connectivity index (χ3v) is 3.42. The highest BCUT2D eigenvalue weighted by Crippen LogP contribution is 2.13. The Hall–Kier alpha value is -1.39. The zero-order chi connectivity index (χ0) is 13.1. The van der Waals surface area contributed by atoms with E-state index in [1.54, 1.807) is 0 Å². The predicted molar refractivity (Wildman–Crippen MR) is 75.8 cm³/mol. The molecule has 0 aliphatic heterocycles. The van der Waals surface area contributed by atoms with Crippen molar-refractivity contribution in [2.75, 3.05) is 0 Å². The molecule has 2 rings (SSSR count). The van der Waals surface area contributed by atoms with Gasteiger partial charge in [-0.25, -0.2) is 0 Å². The highest BCUT2D eigenvalue weighted by Gasteiger charge is 2.10. The van der Waals surface area contributed by atoms with Gasteiger partial charge in [-0.1, -0.05) is 41.9 Å². The van der Waals surface area contributed by atoms with Crippen LogP contribution in [-0.4, -0.2) is 9.55 Å². The quantitative estimate of drug-likeness (QED) is 0.693. The second-order valence-corrected chi connectivity index (χ2v) is 4.70. The second-order valence-electron chi connectivity index (χ2n) is 3.93. The topological polar surface area (TPSA) is 37.8 Å². The first-order valence-corrected chi connectivity index (χ1v) is 6.47. The van der Waals surface area contributed by atoms with E-state index in [2.05, 4.69) is 4.98 Å². The number of aromatic amines is 1. The fraction of sp³-hybridized carbons (Fsp3) is 0.231. The molecule has 0 unspecified atom stereocenters. The van der Waals surface area contributed by atoms with Crippen LogP contribution in [0.25, 0.3) is 0 Å². The molecule has 2 aromatic rings. The first-order valence-electron chi connectivity index (χ1n) is 5.69. The van der Waals surface area contributed by atoms with Crippen LogP contribution in [0.5, 0.6) is 0 Å². The Morgan fingerprint density at radius 1 is 1.33 bits per heavy atom. The van der Waals surface area contributed by atoms with Crippen molar-refractivity contribution < 1.29 is 0 Å².